The number of imidazole rings is 1. The summed E-state index contributed by atoms with van der Waals surface area (Å²) >= 11 is 0. The van der Waals surface area contributed by atoms with Crippen molar-refractivity contribution in [2.24, 2.45) is 0 Å². The molecule has 0 spiro atoms. The molecule has 6 nitrogen and oxygen atoms in total. The molecule has 2 aromatic carbocycles. The minimum Gasteiger partial charge on any atom is -0.338 e. The standard InChI is InChI=1S/C24H25N5O/c1-28-11-13-29(14-12-28)17-20-6-8-22(9-7-20)27-24(30)21-4-2-3-19(15-21)5-10-23-16-25-18-26-23/h2-4,6-9,15-16,18H,11-14,17H2,1H3,(H,25,26)(H,27,30). The van der Waals surface area contributed by atoms with Gasteiger partial charge in [-0.1, -0.05) is 24.1 Å². The van der Waals surface area contributed by atoms with Crippen LogP contribution in [0.3, 0.4) is 0 Å². The Morgan fingerprint density at radius 2 is 1.90 bits per heavy atom. The van der Waals surface area contributed by atoms with Crippen LogP contribution in [0, 0.1) is 11.8 Å². The van der Waals surface area contributed by atoms with Gasteiger partial charge in [-0.15, -0.1) is 0 Å². The first kappa shape index (κ1) is 19.9. The number of amides is 1. The normalized spacial score (nSPS) is 14.7. The zero-order valence-electron chi connectivity index (χ0n) is 17.1. The highest BCUT2D eigenvalue weighted by atomic mass is 16.1. The number of H-pyrrole nitrogens is 1. The van der Waals surface area contributed by atoms with Crippen LogP contribution < -0.4 is 5.32 Å². The van der Waals surface area contributed by atoms with Crippen molar-refractivity contribution in [3.63, 3.8) is 0 Å². The zero-order chi connectivity index (χ0) is 20.8. The van der Waals surface area contributed by atoms with Gasteiger partial charge in [-0.05, 0) is 48.9 Å². The second-order valence-corrected chi connectivity index (χ2v) is 7.53. The molecule has 1 aromatic heterocycles. The van der Waals surface area contributed by atoms with Crippen molar-refractivity contribution in [3.8, 4) is 11.8 Å². The Morgan fingerprint density at radius 1 is 1.10 bits per heavy atom. The SMILES string of the molecule is CN1CCN(Cc2ccc(NC(=O)c3cccc(C#Cc4cnc[nH]4)c3)cc2)CC1. The number of aromatic nitrogens is 2. The van der Waals surface area contributed by atoms with Crippen molar-refractivity contribution in [2.45, 2.75) is 6.54 Å². The van der Waals surface area contributed by atoms with E-state index < -0.39 is 0 Å². The highest BCUT2D eigenvalue weighted by molar-refractivity contribution is 6.04. The number of carbonyl (C=O) groups excluding carboxylic acids is 1. The summed E-state index contributed by atoms with van der Waals surface area (Å²) in [5, 5.41) is 2.97. The van der Waals surface area contributed by atoms with Crippen LogP contribution >= 0.6 is 0 Å². The quantitative estimate of drug-likeness (QED) is 0.663. The van der Waals surface area contributed by atoms with Gasteiger partial charge in [0.05, 0.1) is 12.5 Å². The second-order valence-electron chi connectivity index (χ2n) is 7.53. The second kappa shape index (κ2) is 9.40. The van der Waals surface area contributed by atoms with Crippen molar-refractivity contribution in [1.29, 1.82) is 0 Å². The molecule has 6 heteroatoms. The molecule has 1 saturated heterocycles. The number of rotatable bonds is 4. The van der Waals surface area contributed by atoms with E-state index in [2.05, 4.69) is 56.1 Å². The Labute approximate surface area is 176 Å². The van der Waals surface area contributed by atoms with Crippen molar-refractivity contribution in [2.75, 3.05) is 38.5 Å². The van der Waals surface area contributed by atoms with E-state index in [-0.39, 0.29) is 5.91 Å². The van der Waals surface area contributed by atoms with Gasteiger partial charge in [-0.2, -0.15) is 0 Å². The molecule has 2 N–H and O–H groups in total. The smallest absolute Gasteiger partial charge is 0.255 e. The number of nitrogens with one attached hydrogen (secondary N) is 2. The maximum absolute atomic E-state index is 12.6. The lowest BCUT2D eigenvalue weighted by Gasteiger charge is -2.32. The molecule has 3 aromatic rings. The lowest BCUT2D eigenvalue weighted by molar-refractivity contribution is 0.102. The van der Waals surface area contributed by atoms with Gasteiger partial charge >= 0.3 is 0 Å². The number of aromatic amines is 1. The van der Waals surface area contributed by atoms with Gasteiger partial charge in [0, 0.05) is 49.5 Å². The molecular formula is C24H25N5O. The molecule has 0 bridgehead atoms. The topological polar surface area (TPSA) is 64.3 Å². The molecule has 4 rings (SSSR count). The molecule has 30 heavy (non-hydrogen) atoms. The van der Waals surface area contributed by atoms with Crippen LogP contribution in [-0.4, -0.2) is 58.9 Å². The average molecular weight is 399 g/mol. The number of hydrogen-bond donors (Lipinski definition) is 2. The van der Waals surface area contributed by atoms with Crippen LogP contribution in [0.4, 0.5) is 5.69 Å². The summed E-state index contributed by atoms with van der Waals surface area (Å²) < 4.78 is 0. The minimum atomic E-state index is -0.146. The van der Waals surface area contributed by atoms with Crippen molar-refractivity contribution in [1.82, 2.24) is 19.8 Å². The minimum absolute atomic E-state index is 0.146. The number of likely N-dealkylation sites (N-methyl/N-ethyl adjacent to an activating group) is 1. The van der Waals surface area contributed by atoms with Gasteiger partial charge < -0.3 is 15.2 Å². The van der Waals surface area contributed by atoms with Gasteiger partial charge in [0.2, 0.25) is 0 Å². The molecule has 0 atom stereocenters. The molecule has 0 saturated carbocycles. The highest BCUT2D eigenvalue weighted by Gasteiger charge is 2.14. The molecule has 152 valence electrons. The largest absolute Gasteiger partial charge is 0.338 e. The Morgan fingerprint density at radius 3 is 2.63 bits per heavy atom. The van der Waals surface area contributed by atoms with Crippen LogP contribution in [0.5, 0.6) is 0 Å². The van der Waals surface area contributed by atoms with Gasteiger partial charge in [0.25, 0.3) is 5.91 Å². The predicted molar refractivity (Wildman–Crippen MR) is 118 cm³/mol. The third-order valence-corrected chi connectivity index (χ3v) is 5.18. The summed E-state index contributed by atoms with van der Waals surface area (Å²) in [6, 6.07) is 15.4. The van der Waals surface area contributed by atoms with Crippen LogP contribution in [0.25, 0.3) is 0 Å². The first-order valence-corrected chi connectivity index (χ1v) is 10.1. The van der Waals surface area contributed by atoms with Crippen LogP contribution in [0.15, 0.2) is 61.1 Å². The summed E-state index contributed by atoms with van der Waals surface area (Å²) in [6.07, 6.45) is 3.25. The molecule has 1 fully saturated rings. The maximum Gasteiger partial charge on any atom is 0.255 e. The first-order valence-electron chi connectivity index (χ1n) is 10.1. The van der Waals surface area contributed by atoms with E-state index in [4.69, 9.17) is 0 Å². The van der Waals surface area contributed by atoms with E-state index in [1.54, 1.807) is 24.7 Å². The van der Waals surface area contributed by atoms with E-state index >= 15 is 0 Å². The Bertz CT molecular complexity index is 1040. The average Bonchev–Trinajstić information content (AvgIpc) is 3.29. The molecule has 2 heterocycles. The van der Waals surface area contributed by atoms with Gasteiger partial charge in [-0.25, -0.2) is 4.98 Å². The van der Waals surface area contributed by atoms with Crippen LogP contribution in [-0.2, 0) is 6.54 Å². The third kappa shape index (κ3) is 5.35. The van der Waals surface area contributed by atoms with Gasteiger partial charge in [0.1, 0.15) is 5.69 Å². The Hall–Kier alpha value is -3.40. The molecule has 1 aliphatic rings. The number of nitrogens with zero attached hydrogens (tertiary/aromatic N) is 3. The first-order chi connectivity index (χ1) is 14.7. The third-order valence-electron chi connectivity index (χ3n) is 5.18. The highest BCUT2D eigenvalue weighted by Crippen LogP contribution is 2.14. The number of hydrogen-bond acceptors (Lipinski definition) is 4. The lowest BCUT2D eigenvalue weighted by atomic mass is 10.1. The maximum atomic E-state index is 12.6. The fraction of sp³-hybridized carbons (Fsp3) is 0.250. The van der Waals surface area contributed by atoms with Crippen molar-refractivity contribution < 1.29 is 4.79 Å². The number of benzene rings is 2. The fourth-order valence-corrected chi connectivity index (χ4v) is 3.36. The number of anilines is 1. The fourth-order valence-electron chi connectivity index (χ4n) is 3.36. The molecule has 0 radical (unpaired) electrons. The summed E-state index contributed by atoms with van der Waals surface area (Å²) in [5.41, 5.74) is 4.14. The Balaban J connectivity index is 1.36. The molecule has 1 amide bonds. The predicted octanol–water partition coefficient (Wildman–Crippen LogP) is 2.81. The molecule has 0 unspecified atom stereocenters. The molecule has 1 aliphatic heterocycles. The van der Waals surface area contributed by atoms with Crippen LogP contribution in [0.1, 0.15) is 27.2 Å². The molecular weight excluding hydrogens is 374 g/mol. The van der Waals surface area contributed by atoms with Crippen LogP contribution in [0.2, 0.25) is 0 Å². The number of carbonyl (C=O) groups is 1. The van der Waals surface area contributed by atoms with Crippen molar-refractivity contribution >= 4 is 11.6 Å². The van der Waals surface area contributed by atoms with E-state index in [0.29, 0.717) is 5.56 Å². The summed E-state index contributed by atoms with van der Waals surface area (Å²) in [5.74, 6) is 5.89. The summed E-state index contributed by atoms with van der Waals surface area (Å²) in [6.45, 7) is 5.35. The van der Waals surface area contributed by atoms with E-state index in [1.807, 2.05) is 24.3 Å². The summed E-state index contributed by atoms with van der Waals surface area (Å²) in [7, 11) is 2.16. The summed E-state index contributed by atoms with van der Waals surface area (Å²) in [4.78, 5) is 24.3. The monoisotopic (exact) mass is 399 g/mol. The van der Waals surface area contributed by atoms with Crippen molar-refractivity contribution in [3.05, 3.63) is 83.4 Å². The van der Waals surface area contributed by atoms with E-state index in [1.165, 1.54) is 5.56 Å². The van der Waals surface area contributed by atoms with Gasteiger partial charge in [-0.3, -0.25) is 9.69 Å². The molecule has 0 aliphatic carbocycles. The van der Waals surface area contributed by atoms with E-state index in [9.17, 15) is 4.79 Å². The number of piperazine rings is 1. The van der Waals surface area contributed by atoms with E-state index in [0.717, 1.165) is 49.7 Å². The lowest BCUT2D eigenvalue weighted by Crippen LogP contribution is -2.43. The zero-order valence-corrected chi connectivity index (χ0v) is 17.1. The Kier molecular flexibility index (Phi) is 6.23. The van der Waals surface area contributed by atoms with Gasteiger partial charge in [0.15, 0.2) is 0 Å².